The van der Waals surface area contributed by atoms with E-state index in [-0.39, 0.29) is 24.0 Å². The summed E-state index contributed by atoms with van der Waals surface area (Å²) in [6.07, 6.45) is 3.41. The molecular weight excluding hydrogens is 463 g/mol. The van der Waals surface area contributed by atoms with Crippen molar-refractivity contribution in [3.8, 4) is 0 Å². The predicted molar refractivity (Wildman–Crippen MR) is 122 cm³/mol. The van der Waals surface area contributed by atoms with Crippen LogP contribution in [-0.2, 0) is 13.0 Å². The molecule has 2 aromatic heterocycles. The Balaban J connectivity index is 0.00000225. The Kier molecular flexibility index (Phi) is 8.51. The lowest BCUT2D eigenvalue weighted by molar-refractivity contribution is 0.463. The normalized spacial score (nSPS) is 15.8. The highest BCUT2D eigenvalue weighted by atomic mass is 127. The van der Waals surface area contributed by atoms with Crippen LogP contribution in [0.3, 0.4) is 0 Å². The van der Waals surface area contributed by atoms with E-state index in [1.54, 1.807) is 0 Å². The number of anilines is 1. The number of aliphatic imine (C=N–C) groups is 1. The molecule has 138 valence electrons. The fraction of sp³-hybridized carbons (Fsp3) is 0.500. The number of nitrogens with zero attached hydrogens (tertiary/aromatic N) is 2. The third-order valence-electron chi connectivity index (χ3n) is 4.37. The van der Waals surface area contributed by atoms with Crippen molar-refractivity contribution in [1.82, 2.24) is 10.6 Å². The monoisotopic (exact) mass is 490 g/mol. The van der Waals surface area contributed by atoms with Crippen molar-refractivity contribution in [1.29, 1.82) is 0 Å². The van der Waals surface area contributed by atoms with Crippen molar-refractivity contribution in [2.24, 2.45) is 4.99 Å². The number of piperidine rings is 1. The number of hydrogen-bond acceptors (Lipinski definition) is 4. The van der Waals surface area contributed by atoms with Gasteiger partial charge < -0.3 is 15.5 Å². The van der Waals surface area contributed by atoms with Crippen LogP contribution in [-0.4, -0.2) is 32.1 Å². The molecule has 0 radical (unpaired) electrons. The first kappa shape index (κ1) is 20.5. The summed E-state index contributed by atoms with van der Waals surface area (Å²) >= 11 is 3.71. The Morgan fingerprint density at radius 2 is 2.00 bits per heavy atom. The molecule has 0 atom stereocenters. The van der Waals surface area contributed by atoms with Gasteiger partial charge in [0.1, 0.15) is 0 Å². The van der Waals surface area contributed by atoms with Gasteiger partial charge in [0.2, 0.25) is 0 Å². The number of nitrogens with one attached hydrogen (secondary N) is 2. The molecule has 2 N–H and O–H groups in total. The number of hydrogen-bond donors (Lipinski definition) is 2. The highest BCUT2D eigenvalue weighted by molar-refractivity contribution is 14.0. The van der Waals surface area contributed by atoms with Crippen molar-refractivity contribution in [3.05, 3.63) is 39.4 Å². The van der Waals surface area contributed by atoms with Gasteiger partial charge in [0.05, 0.1) is 11.5 Å². The first-order valence-corrected chi connectivity index (χ1v) is 10.3. The molecule has 1 aliphatic rings. The molecule has 0 unspecified atom stereocenters. The molecule has 2 aromatic rings. The molecule has 1 fully saturated rings. The van der Waals surface area contributed by atoms with E-state index in [1.165, 1.54) is 14.8 Å². The minimum absolute atomic E-state index is 0. The summed E-state index contributed by atoms with van der Waals surface area (Å²) < 4.78 is 0. The van der Waals surface area contributed by atoms with Gasteiger partial charge in [0.15, 0.2) is 5.96 Å². The van der Waals surface area contributed by atoms with Crippen molar-refractivity contribution in [2.75, 3.05) is 25.0 Å². The predicted octanol–water partition coefficient (Wildman–Crippen LogP) is 4.32. The highest BCUT2D eigenvalue weighted by Gasteiger charge is 2.20. The minimum atomic E-state index is 0. The van der Waals surface area contributed by atoms with Gasteiger partial charge in [0, 0.05) is 35.9 Å². The van der Waals surface area contributed by atoms with E-state index in [0.717, 1.165) is 44.9 Å². The van der Waals surface area contributed by atoms with Crippen LogP contribution in [0.15, 0.2) is 34.6 Å². The molecule has 0 aliphatic carbocycles. The fourth-order valence-electron chi connectivity index (χ4n) is 2.96. The summed E-state index contributed by atoms with van der Waals surface area (Å²) in [7, 11) is 1.85. The molecule has 1 saturated heterocycles. The zero-order valence-corrected chi connectivity index (χ0v) is 18.8. The Morgan fingerprint density at radius 3 is 2.60 bits per heavy atom. The van der Waals surface area contributed by atoms with Gasteiger partial charge >= 0.3 is 0 Å². The summed E-state index contributed by atoms with van der Waals surface area (Å²) in [5.41, 5.74) is 0. The van der Waals surface area contributed by atoms with Crippen LogP contribution >= 0.6 is 46.7 Å². The molecule has 25 heavy (non-hydrogen) atoms. The van der Waals surface area contributed by atoms with Crippen LogP contribution in [0.1, 0.15) is 29.5 Å². The van der Waals surface area contributed by atoms with Gasteiger partial charge in [-0.05, 0) is 48.9 Å². The van der Waals surface area contributed by atoms with Crippen molar-refractivity contribution in [2.45, 2.75) is 38.8 Å². The number of halogens is 1. The van der Waals surface area contributed by atoms with E-state index in [4.69, 9.17) is 0 Å². The Bertz CT molecular complexity index is 646. The summed E-state index contributed by atoms with van der Waals surface area (Å²) in [5, 5.41) is 10.6. The third-order valence-corrected chi connectivity index (χ3v) is 6.53. The number of guanidine groups is 1. The molecule has 0 bridgehead atoms. The molecule has 1 aliphatic heterocycles. The maximum Gasteiger partial charge on any atom is 0.191 e. The van der Waals surface area contributed by atoms with E-state index < -0.39 is 0 Å². The maximum atomic E-state index is 4.38. The minimum Gasteiger partial charge on any atom is -0.363 e. The van der Waals surface area contributed by atoms with E-state index >= 15 is 0 Å². The molecule has 0 saturated carbocycles. The Morgan fingerprint density at radius 1 is 1.24 bits per heavy atom. The summed E-state index contributed by atoms with van der Waals surface area (Å²) in [6.45, 7) is 5.27. The van der Waals surface area contributed by atoms with Gasteiger partial charge in [-0.25, -0.2) is 0 Å². The topological polar surface area (TPSA) is 39.7 Å². The van der Waals surface area contributed by atoms with Crippen LogP contribution in [0.5, 0.6) is 0 Å². The first-order chi connectivity index (χ1) is 11.8. The van der Waals surface area contributed by atoms with Crippen LogP contribution < -0.4 is 15.5 Å². The average Bonchev–Trinajstić information content (AvgIpc) is 3.30. The largest absolute Gasteiger partial charge is 0.363 e. The summed E-state index contributed by atoms with van der Waals surface area (Å²) in [4.78, 5) is 9.67. The fourth-order valence-corrected chi connectivity index (χ4v) is 4.64. The van der Waals surface area contributed by atoms with Crippen LogP contribution in [0, 0.1) is 0 Å². The van der Waals surface area contributed by atoms with Crippen molar-refractivity contribution in [3.63, 3.8) is 0 Å². The second kappa shape index (κ2) is 10.4. The SMILES string of the molecule is CCc1ccc(CNC(=NC)NC2CCN(c3cccs3)CC2)s1.I. The quantitative estimate of drug-likeness (QED) is 0.373. The van der Waals surface area contributed by atoms with E-state index in [0.29, 0.717) is 6.04 Å². The molecule has 0 aromatic carbocycles. The summed E-state index contributed by atoms with van der Waals surface area (Å²) in [5.74, 6) is 0.913. The van der Waals surface area contributed by atoms with Crippen LogP contribution in [0.25, 0.3) is 0 Å². The molecule has 3 rings (SSSR count). The number of rotatable bonds is 5. The van der Waals surface area contributed by atoms with Gasteiger partial charge in [-0.1, -0.05) is 6.92 Å². The van der Waals surface area contributed by atoms with E-state index in [9.17, 15) is 0 Å². The standard InChI is InChI=1S/C18H26N4S2.HI/c1-3-15-6-7-16(24-15)13-20-18(19-2)21-14-8-10-22(11-9-14)17-5-4-12-23-17;/h4-7,12,14H,3,8-11,13H2,1-2H3,(H2,19,20,21);1H. The van der Waals surface area contributed by atoms with Gasteiger partial charge in [-0.15, -0.1) is 46.7 Å². The lowest BCUT2D eigenvalue weighted by atomic mass is 10.1. The third kappa shape index (κ3) is 5.86. The van der Waals surface area contributed by atoms with Crippen molar-refractivity contribution < 1.29 is 0 Å². The Labute approximate surface area is 175 Å². The van der Waals surface area contributed by atoms with Gasteiger partial charge in [0.25, 0.3) is 0 Å². The molecule has 0 amide bonds. The maximum absolute atomic E-state index is 4.38. The lowest BCUT2D eigenvalue weighted by Gasteiger charge is -2.33. The van der Waals surface area contributed by atoms with Crippen LogP contribution in [0.2, 0.25) is 0 Å². The second-order valence-corrected chi connectivity index (χ2v) is 8.18. The van der Waals surface area contributed by atoms with E-state index in [1.807, 2.05) is 29.7 Å². The van der Waals surface area contributed by atoms with Crippen molar-refractivity contribution >= 4 is 57.6 Å². The summed E-state index contributed by atoms with van der Waals surface area (Å²) in [6, 6.07) is 9.28. The molecule has 7 heteroatoms. The second-order valence-electron chi connectivity index (χ2n) is 6.00. The molecule has 4 nitrogen and oxygen atoms in total. The zero-order valence-electron chi connectivity index (χ0n) is 14.8. The lowest BCUT2D eigenvalue weighted by Crippen LogP contribution is -2.48. The van der Waals surface area contributed by atoms with Crippen LogP contribution in [0.4, 0.5) is 5.00 Å². The zero-order chi connectivity index (χ0) is 16.8. The molecular formula is C18H27IN4S2. The molecule has 0 spiro atoms. The van der Waals surface area contributed by atoms with Gasteiger partial charge in [-0.2, -0.15) is 0 Å². The highest BCUT2D eigenvalue weighted by Crippen LogP contribution is 2.24. The Hall–Kier alpha value is -0.800. The average molecular weight is 490 g/mol. The number of aryl methyl sites for hydroxylation is 1. The first-order valence-electron chi connectivity index (χ1n) is 8.61. The smallest absolute Gasteiger partial charge is 0.191 e. The van der Waals surface area contributed by atoms with E-state index in [2.05, 4.69) is 57.1 Å². The molecule has 3 heterocycles. The van der Waals surface area contributed by atoms with Gasteiger partial charge in [-0.3, -0.25) is 4.99 Å². The number of thiophene rings is 2.